The average molecular weight is 510 g/mol. The van der Waals surface area contributed by atoms with Crippen molar-refractivity contribution in [2.24, 2.45) is 0 Å². The van der Waals surface area contributed by atoms with Crippen LogP contribution in [0.15, 0.2) is 21.4 Å². The molecule has 4 nitrogen and oxygen atoms in total. The monoisotopic (exact) mass is 509 g/mol. The lowest BCUT2D eigenvalue weighted by molar-refractivity contribution is -0.143. The molecule has 1 saturated carbocycles. The van der Waals surface area contributed by atoms with Gasteiger partial charge in [-0.15, -0.1) is 0 Å². The molecule has 0 bridgehead atoms. The first-order valence-corrected chi connectivity index (χ1v) is 8.80. The summed E-state index contributed by atoms with van der Waals surface area (Å²) in [4.78, 5) is 15.6. The molecule has 0 radical (unpaired) electrons. The van der Waals surface area contributed by atoms with Crippen LogP contribution in [0.2, 0.25) is 0 Å². The van der Waals surface area contributed by atoms with E-state index in [9.17, 15) is 44.3 Å². The summed E-state index contributed by atoms with van der Waals surface area (Å²) in [6.45, 7) is 0. The first kappa shape index (κ1) is 22.4. The summed E-state index contributed by atoms with van der Waals surface area (Å²) in [5.74, 6) is -0.993. The Morgan fingerprint density at radius 2 is 1.53 bits per heavy atom. The molecule has 2 aromatic rings. The van der Waals surface area contributed by atoms with Gasteiger partial charge in [-0.2, -0.15) is 39.5 Å². The lowest BCUT2D eigenvalue weighted by atomic mass is 10.0. The fourth-order valence-corrected chi connectivity index (χ4v) is 3.41. The molecule has 0 spiro atoms. The summed E-state index contributed by atoms with van der Waals surface area (Å²) in [6.07, 6.45) is -15.3. The number of aromatic nitrogens is 2. The number of benzene rings is 1. The Hall–Kier alpha value is -2.25. The number of nitrogens with two attached hydrogens (primary N) is 1. The van der Waals surface area contributed by atoms with E-state index in [-0.39, 0.29) is 25.0 Å². The van der Waals surface area contributed by atoms with E-state index in [2.05, 4.69) is 20.9 Å². The quantitative estimate of drug-likeness (QED) is 0.532. The van der Waals surface area contributed by atoms with Gasteiger partial charge in [0.05, 0.1) is 11.1 Å². The molecular weight excluding hydrogens is 501 g/mol. The van der Waals surface area contributed by atoms with Crippen LogP contribution in [-0.2, 0) is 18.5 Å². The van der Waals surface area contributed by atoms with Crippen molar-refractivity contribution in [3.05, 3.63) is 43.8 Å². The van der Waals surface area contributed by atoms with Gasteiger partial charge in [0.2, 0.25) is 0 Å². The zero-order chi connectivity index (χ0) is 22.8. The van der Waals surface area contributed by atoms with Gasteiger partial charge in [0.15, 0.2) is 5.69 Å². The summed E-state index contributed by atoms with van der Waals surface area (Å²) in [5, 5.41) is 0. The van der Waals surface area contributed by atoms with Crippen LogP contribution in [0.5, 0.6) is 0 Å². The first-order chi connectivity index (χ1) is 13.5. The maximum absolute atomic E-state index is 13.3. The third-order valence-electron chi connectivity index (χ3n) is 4.28. The van der Waals surface area contributed by atoms with Crippen LogP contribution in [0.4, 0.5) is 45.2 Å². The van der Waals surface area contributed by atoms with E-state index >= 15 is 0 Å². The van der Waals surface area contributed by atoms with Crippen molar-refractivity contribution in [2.45, 2.75) is 37.4 Å². The highest BCUT2D eigenvalue weighted by Crippen LogP contribution is 2.46. The van der Waals surface area contributed by atoms with Crippen LogP contribution in [0.1, 0.15) is 35.7 Å². The van der Waals surface area contributed by atoms with Gasteiger partial charge in [0.1, 0.15) is 11.5 Å². The van der Waals surface area contributed by atoms with E-state index in [1.165, 1.54) is 0 Å². The van der Waals surface area contributed by atoms with Crippen molar-refractivity contribution in [3.63, 3.8) is 0 Å². The van der Waals surface area contributed by atoms with E-state index < -0.39 is 68.5 Å². The van der Waals surface area contributed by atoms with Crippen LogP contribution < -0.4 is 11.3 Å². The Balaban J connectivity index is 2.46. The second-order valence-electron chi connectivity index (χ2n) is 6.48. The highest BCUT2D eigenvalue weighted by molar-refractivity contribution is 9.10. The van der Waals surface area contributed by atoms with E-state index in [4.69, 9.17) is 5.73 Å². The molecule has 1 fully saturated rings. The molecule has 2 N–H and O–H groups in total. The number of hydrogen-bond donors (Lipinski definition) is 1. The third kappa shape index (κ3) is 4.01. The predicted molar refractivity (Wildman–Crippen MR) is 89.3 cm³/mol. The van der Waals surface area contributed by atoms with Gasteiger partial charge in [0, 0.05) is 16.1 Å². The molecular formula is C16H9BrF9N3O. The van der Waals surface area contributed by atoms with Crippen molar-refractivity contribution < 1.29 is 39.5 Å². The fraction of sp³-hybridized carbons (Fsp3) is 0.375. The van der Waals surface area contributed by atoms with Gasteiger partial charge in [-0.1, -0.05) is 0 Å². The molecule has 0 aliphatic heterocycles. The molecule has 0 unspecified atom stereocenters. The van der Waals surface area contributed by atoms with Gasteiger partial charge in [-0.25, -0.2) is 4.98 Å². The molecule has 30 heavy (non-hydrogen) atoms. The van der Waals surface area contributed by atoms with Crippen LogP contribution >= 0.6 is 15.9 Å². The Labute approximate surface area is 169 Å². The molecule has 1 heterocycles. The normalized spacial score (nSPS) is 15.5. The summed E-state index contributed by atoms with van der Waals surface area (Å²) >= 11 is 2.52. The predicted octanol–water partition coefficient (Wildman–Crippen LogP) is 5.65. The van der Waals surface area contributed by atoms with Crippen LogP contribution in [-0.4, -0.2) is 9.55 Å². The van der Waals surface area contributed by atoms with Crippen molar-refractivity contribution in [1.82, 2.24) is 9.55 Å². The Kier molecular flexibility index (Phi) is 5.15. The summed E-state index contributed by atoms with van der Waals surface area (Å²) in [7, 11) is 0. The number of alkyl halides is 9. The van der Waals surface area contributed by atoms with Gasteiger partial charge in [-0.05, 0) is 40.9 Å². The maximum Gasteiger partial charge on any atom is 0.435 e. The lowest BCUT2D eigenvalue weighted by Gasteiger charge is -2.20. The van der Waals surface area contributed by atoms with Gasteiger partial charge in [-0.3, -0.25) is 9.36 Å². The average Bonchev–Trinajstić information content (AvgIpc) is 3.38. The molecule has 1 aromatic carbocycles. The zero-order valence-electron chi connectivity index (χ0n) is 14.3. The minimum absolute atomic E-state index is 0.185. The Morgan fingerprint density at radius 1 is 0.967 bits per heavy atom. The fourth-order valence-electron chi connectivity index (χ4n) is 2.78. The van der Waals surface area contributed by atoms with Gasteiger partial charge < -0.3 is 5.73 Å². The minimum Gasteiger partial charge on any atom is -0.392 e. The van der Waals surface area contributed by atoms with E-state index in [0.717, 1.165) is 0 Å². The Bertz CT molecular complexity index is 1070. The standard InChI is InChI=1S/C16H9BrF9N3O/c17-9-7(3-5(14(18,19)20)4-8(9)15(21,22)23)12-28-11(16(24,25)26)10(27)13(30)29(12)6-1-2-6/h3-4,6H,1-2,27H2. The summed E-state index contributed by atoms with van der Waals surface area (Å²) in [6, 6.07) is -0.730. The maximum atomic E-state index is 13.3. The lowest BCUT2D eigenvalue weighted by Crippen LogP contribution is -2.30. The van der Waals surface area contributed by atoms with E-state index in [1.54, 1.807) is 0 Å². The molecule has 1 aliphatic carbocycles. The number of anilines is 1. The first-order valence-electron chi connectivity index (χ1n) is 8.01. The molecule has 1 aromatic heterocycles. The molecule has 0 amide bonds. The largest absolute Gasteiger partial charge is 0.435 e. The smallest absolute Gasteiger partial charge is 0.392 e. The van der Waals surface area contributed by atoms with Crippen LogP contribution in [0.25, 0.3) is 11.4 Å². The molecule has 14 heteroatoms. The number of rotatable bonds is 2. The van der Waals surface area contributed by atoms with E-state index in [1.807, 2.05) is 0 Å². The highest BCUT2D eigenvalue weighted by atomic mass is 79.9. The van der Waals surface area contributed by atoms with Crippen molar-refractivity contribution >= 4 is 21.6 Å². The van der Waals surface area contributed by atoms with E-state index in [0.29, 0.717) is 4.57 Å². The SMILES string of the molecule is Nc1c(C(F)(F)F)nc(-c2cc(C(F)(F)F)cc(C(F)(F)F)c2Br)n(C2CC2)c1=O. The zero-order valence-corrected chi connectivity index (χ0v) is 15.9. The summed E-state index contributed by atoms with van der Waals surface area (Å²) < 4.78 is 119. The topological polar surface area (TPSA) is 60.9 Å². The van der Waals surface area contributed by atoms with Crippen molar-refractivity contribution in [2.75, 3.05) is 5.73 Å². The number of halogens is 10. The molecule has 0 saturated heterocycles. The number of hydrogen-bond acceptors (Lipinski definition) is 3. The third-order valence-corrected chi connectivity index (χ3v) is 5.13. The molecule has 1 aliphatic rings. The second-order valence-corrected chi connectivity index (χ2v) is 7.28. The Morgan fingerprint density at radius 3 is 1.97 bits per heavy atom. The molecule has 3 rings (SSSR count). The van der Waals surface area contributed by atoms with Gasteiger partial charge >= 0.3 is 18.5 Å². The van der Waals surface area contributed by atoms with Gasteiger partial charge in [0.25, 0.3) is 5.56 Å². The number of nitrogens with zero attached hydrogens (tertiary/aromatic N) is 2. The summed E-state index contributed by atoms with van der Waals surface area (Å²) in [5.41, 5.74) is -3.87. The number of nitrogen functional groups attached to an aromatic ring is 1. The second kappa shape index (κ2) is 6.89. The molecule has 0 atom stereocenters. The van der Waals surface area contributed by atoms with Crippen molar-refractivity contribution in [3.8, 4) is 11.4 Å². The minimum atomic E-state index is -5.28. The van der Waals surface area contributed by atoms with Crippen LogP contribution in [0.3, 0.4) is 0 Å². The van der Waals surface area contributed by atoms with Crippen molar-refractivity contribution in [1.29, 1.82) is 0 Å². The van der Waals surface area contributed by atoms with Crippen LogP contribution in [0, 0.1) is 0 Å². The highest BCUT2D eigenvalue weighted by Gasteiger charge is 2.43. The molecule has 164 valence electrons.